The van der Waals surface area contributed by atoms with Crippen molar-refractivity contribution >= 4 is 56.0 Å². The van der Waals surface area contributed by atoms with Crippen molar-refractivity contribution in [2.45, 2.75) is 0 Å². The number of phenolic OH excluding ortho intramolecular Hbond substituents is 1. The molecule has 2 amide bonds. The lowest BCUT2D eigenvalue weighted by Gasteiger charge is -2.11. The summed E-state index contributed by atoms with van der Waals surface area (Å²) >= 11 is 6.72. The number of hydrogen-bond acceptors (Lipinski definition) is 7. The van der Waals surface area contributed by atoms with Crippen molar-refractivity contribution in [3.63, 3.8) is 0 Å². The summed E-state index contributed by atoms with van der Waals surface area (Å²) in [5, 5.41) is 17.0. The molecule has 4 rings (SSSR count). The smallest absolute Gasteiger partial charge is 0.287 e. The van der Waals surface area contributed by atoms with Gasteiger partial charge >= 0.3 is 0 Å². The fourth-order valence-electron chi connectivity index (χ4n) is 3.21. The molecule has 1 heterocycles. The van der Waals surface area contributed by atoms with Crippen molar-refractivity contribution in [3.8, 4) is 23.0 Å². The monoisotopic (exact) mass is 615 g/mol. The molecule has 36 heavy (non-hydrogen) atoms. The van der Waals surface area contributed by atoms with Crippen LogP contribution in [-0.2, 0) is 4.79 Å². The van der Waals surface area contributed by atoms with Gasteiger partial charge in [0.2, 0.25) is 6.79 Å². The number of nitrogens with zero attached hydrogens (tertiary/aromatic N) is 1. The fraction of sp³-hybridized carbons (Fsp3) is 0.0800. The number of amides is 2. The van der Waals surface area contributed by atoms with Gasteiger partial charge in [0, 0.05) is 14.5 Å². The van der Waals surface area contributed by atoms with Crippen molar-refractivity contribution in [1.82, 2.24) is 10.7 Å². The summed E-state index contributed by atoms with van der Waals surface area (Å²) in [6.07, 6.45) is 2.74. The first-order valence-corrected chi connectivity index (χ1v) is 12.0. The summed E-state index contributed by atoms with van der Waals surface area (Å²) in [4.78, 5) is 25.8. The molecule has 3 aromatic carbocycles. The summed E-state index contributed by atoms with van der Waals surface area (Å²) in [7, 11) is 1.42. The van der Waals surface area contributed by atoms with Gasteiger partial charge in [0.1, 0.15) is 5.70 Å². The molecule has 0 fully saturated rings. The SMILES string of the molecule is COc1cc(Br)c(Br)c(C=NNC(=O)C(=Cc2ccc3c(c2)OCO3)NC(=O)c2ccccc2)c1O. The molecule has 3 aromatic rings. The zero-order valence-electron chi connectivity index (χ0n) is 18.7. The molecule has 0 aliphatic carbocycles. The van der Waals surface area contributed by atoms with Crippen LogP contribution in [0.25, 0.3) is 6.08 Å². The second-order valence-corrected chi connectivity index (χ2v) is 8.97. The molecule has 1 aliphatic heterocycles. The topological polar surface area (TPSA) is 118 Å². The number of methoxy groups -OCH3 is 1. The van der Waals surface area contributed by atoms with Crippen molar-refractivity contribution in [2.75, 3.05) is 13.9 Å². The van der Waals surface area contributed by atoms with Crippen LogP contribution in [0.4, 0.5) is 0 Å². The van der Waals surface area contributed by atoms with E-state index >= 15 is 0 Å². The van der Waals surface area contributed by atoms with E-state index in [1.54, 1.807) is 54.6 Å². The van der Waals surface area contributed by atoms with E-state index in [4.69, 9.17) is 14.2 Å². The molecule has 0 saturated carbocycles. The lowest BCUT2D eigenvalue weighted by atomic mass is 10.1. The summed E-state index contributed by atoms with van der Waals surface area (Å²) in [5.41, 5.74) is 3.56. The van der Waals surface area contributed by atoms with Crippen LogP contribution in [0.3, 0.4) is 0 Å². The summed E-state index contributed by atoms with van der Waals surface area (Å²) < 4.78 is 17.0. The molecule has 1 aliphatic rings. The number of halogens is 2. The maximum absolute atomic E-state index is 13.0. The Morgan fingerprint density at radius 3 is 2.58 bits per heavy atom. The summed E-state index contributed by atoms with van der Waals surface area (Å²) in [6.45, 7) is 0.109. The Morgan fingerprint density at radius 2 is 1.83 bits per heavy atom. The number of carbonyl (C=O) groups is 2. The molecule has 0 saturated heterocycles. The molecule has 184 valence electrons. The van der Waals surface area contributed by atoms with E-state index in [1.807, 2.05) is 0 Å². The van der Waals surface area contributed by atoms with E-state index in [-0.39, 0.29) is 29.6 Å². The largest absolute Gasteiger partial charge is 0.504 e. The third-order valence-corrected chi connectivity index (χ3v) is 7.02. The zero-order chi connectivity index (χ0) is 25.7. The van der Waals surface area contributed by atoms with E-state index in [0.29, 0.717) is 31.6 Å². The Bertz CT molecular complexity index is 1380. The predicted octanol–water partition coefficient (Wildman–Crippen LogP) is 4.58. The summed E-state index contributed by atoms with van der Waals surface area (Å²) in [5.74, 6) is 0.00538. The maximum atomic E-state index is 13.0. The molecule has 0 unspecified atom stereocenters. The highest BCUT2D eigenvalue weighted by Crippen LogP contribution is 2.39. The van der Waals surface area contributed by atoms with Gasteiger partial charge in [-0.05, 0) is 73.8 Å². The molecule has 0 spiro atoms. The first kappa shape index (κ1) is 25.3. The lowest BCUT2D eigenvalue weighted by Crippen LogP contribution is -2.32. The van der Waals surface area contributed by atoms with E-state index < -0.39 is 11.8 Å². The second-order valence-electron chi connectivity index (χ2n) is 7.33. The van der Waals surface area contributed by atoms with E-state index in [1.165, 1.54) is 19.4 Å². The zero-order valence-corrected chi connectivity index (χ0v) is 21.9. The Morgan fingerprint density at radius 1 is 1.08 bits per heavy atom. The third kappa shape index (κ3) is 5.69. The van der Waals surface area contributed by atoms with Crippen LogP contribution in [0.1, 0.15) is 21.5 Å². The van der Waals surface area contributed by atoms with Crippen LogP contribution in [0.2, 0.25) is 0 Å². The highest BCUT2D eigenvalue weighted by atomic mass is 79.9. The number of benzene rings is 3. The van der Waals surface area contributed by atoms with Gasteiger partial charge in [-0.2, -0.15) is 5.10 Å². The highest BCUT2D eigenvalue weighted by molar-refractivity contribution is 9.13. The van der Waals surface area contributed by atoms with Crippen LogP contribution < -0.4 is 25.0 Å². The summed E-state index contributed by atoms with van der Waals surface area (Å²) in [6, 6.07) is 15.2. The van der Waals surface area contributed by atoms with E-state index in [0.717, 1.165) is 0 Å². The number of carbonyl (C=O) groups excluding carboxylic acids is 2. The number of aromatic hydroxyl groups is 1. The standard InChI is InChI=1S/C25H19Br2N3O6/c1-34-21-11-17(26)22(27)16(23(21)31)12-28-30-25(33)18(29-24(32)15-5-3-2-4-6-15)9-14-7-8-19-20(10-14)36-13-35-19/h2-12,31H,13H2,1H3,(H,29,32)(H,30,33). The number of rotatable bonds is 7. The quantitative estimate of drug-likeness (QED) is 0.203. The molecular formula is C25H19Br2N3O6. The average Bonchev–Trinajstić information content (AvgIpc) is 3.36. The van der Waals surface area contributed by atoms with Gasteiger partial charge in [-0.15, -0.1) is 0 Å². The number of phenols is 1. The van der Waals surface area contributed by atoms with Crippen molar-refractivity contribution in [1.29, 1.82) is 0 Å². The lowest BCUT2D eigenvalue weighted by molar-refractivity contribution is -0.117. The second kappa shape index (κ2) is 11.3. The normalized spacial score (nSPS) is 12.5. The first-order chi connectivity index (χ1) is 17.4. The molecule has 3 N–H and O–H groups in total. The average molecular weight is 617 g/mol. The molecule has 0 bridgehead atoms. The van der Waals surface area contributed by atoms with Crippen LogP contribution in [0.15, 0.2) is 74.3 Å². The van der Waals surface area contributed by atoms with Gasteiger partial charge in [0.05, 0.1) is 18.9 Å². The predicted molar refractivity (Wildman–Crippen MR) is 140 cm³/mol. The molecule has 11 heteroatoms. The Hall–Kier alpha value is -3.83. The Balaban J connectivity index is 1.60. The van der Waals surface area contributed by atoms with Crippen LogP contribution in [-0.4, -0.2) is 37.0 Å². The molecule has 0 radical (unpaired) electrons. The van der Waals surface area contributed by atoms with Crippen molar-refractivity contribution in [3.05, 3.63) is 85.9 Å². The fourth-order valence-corrected chi connectivity index (χ4v) is 4.04. The minimum atomic E-state index is -0.689. The maximum Gasteiger partial charge on any atom is 0.287 e. The first-order valence-electron chi connectivity index (χ1n) is 10.4. The Kier molecular flexibility index (Phi) is 7.91. The number of ether oxygens (including phenoxy) is 3. The number of hydrazone groups is 1. The van der Waals surface area contributed by atoms with Gasteiger partial charge in [0.25, 0.3) is 11.8 Å². The van der Waals surface area contributed by atoms with Crippen LogP contribution in [0, 0.1) is 0 Å². The third-order valence-electron chi connectivity index (χ3n) is 5.01. The molecule has 0 aromatic heterocycles. The Labute approximate surface area is 223 Å². The molecule has 9 nitrogen and oxygen atoms in total. The van der Waals surface area contributed by atoms with Crippen molar-refractivity contribution in [2.24, 2.45) is 5.10 Å². The minimum Gasteiger partial charge on any atom is -0.504 e. The highest BCUT2D eigenvalue weighted by Gasteiger charge is 2.18. The van der Waals surface area contributed by atoms with Gasteiger partial charge < -0.3 is 24.6 Å². The van der Waals surface area contributed by atoms with E-state index in [2.05, 4.69) is 47.7 Å². The molecule has 0 atom stereocenters. The van der Waals surface area contributed by atoms with Gasteiger partial charge in [0.15, 0.2) is 23.0 Å². The minimum absolute atomic E-state index is 0.0602. The van der Waals surface area contributed by atoms with E-state index in [9.17, 15) is 14.7 Å². The van der Waals surface area contributed by atoms with Gasteiger partial charge in [-0.3, -0.25) is 9.59 Å². The molecular weight excluding hydrogens is 598 g/mol. The number of nitrogens with one attached hydrogen (secondary N) is 2. The number of fused-ring (bicyclic) bond motifs is 1. The van der Waals surface area contributed by atoms with Crippen LogP contribution >= 0.6 is 31.9 Å². The van der Waals surface area contributed by atoms with Gasteiger partial charge in [-0.1, -0.05) is 24.3 Å². The van der Waals surface area contributed by atoms with Crippen molar-refractivity contribution < 1.29 is 28.9 Å². The number of hydrogen-bond donors (Lipinski definition) is 3. The van der Waals surface area contributed by atoms with Gasteiger partial charge in [-0.25, -0.2) is 5.43 Å². The van der Waals surface area contributed by atoms with Crippen LogP contribution in [0.5, 0.6) is 23.0 Å².